The van der Waals surface area contributed by atoms with Crippen molar-refractivity contribution in [2.45, 2.75) is 0 Å². The fourth-order valence-corrected chi connectivity index (χ4v) is 0. The fourth-order valence-electron chi connectivity index (χ4n) is 0. The molecule has 0 aliphatic rings. The first-order chi connectivity index (χ1) is 2.27. The van der Waals surface area contributed by atoms with Gasteiger partial charge in [0.05, 0.1) is 0 Å². The van der Waals surface area contributed by atoms with Gasteiger partial charge in [0.2, 0.25) is 0 Å². The number of rotatable bonds is 0. The topological polar surface area (TPSA) is 23.8 Å². The van der Waals surface area contributed by atoms with Crippen molar-refractivity contribution in [1.29, 1.82) is 5.26 Å². The van der Waals surface area contributed by atoms with E-state index in [1.54, 1.807) is 4.97 Å². The molecule has 0 atom stereocenters. The van der Waals surface area contributed by atoms with E-state index < -0.39 is 12.1 Å². The molecule has 4 heteroatoms. The van der Waals surface area contributed by atoms with Crippen molar-refractivity contribution in [3.8, 4) is 4.97 Å². The van der Waals surface area contributed by atoms with Crippen LogP contribution in [0.2, 0.25) is 0 Å². The average Bonchev–Trinajstić information content (AvgIpc) is 1.38. The summed E-state index contributed by atoms with van der Waals surface area (Å²) < 4.78 is 0. The van der Waals surface area contributed by atoms with E-state index >= 15 is 0 Å². The number of hydrogen-bond acceptors (Lipinski definition) is 1. The SMILES string of the molecule is N#[C][Cu]([Cl])[Cl]. The summed E-state index contributed by atoms with van der Waals surface area (Å²) in [5.74, 6) is 0. The molecule has 0 aliphatic carbocycles. The molecule has 0 radical (unpaired) electrons. The molecule has 0 N–H and O–H groups in total. The Morgan fingerprint density at radius 1 is 1.60 bits per heavy atom. The molecule has 1 nitrogen and oxygen atoms in total. The maximum atomic E-state index is 7.64. The van der Waals surface area contributed by atoms with Crippen LogP contribution in [0.5, 0.6) is 0 Å². The first-order valence-electron chi connectivity index (χ1n) is 0.602. The Kier molecular flexibility index (Phi) is 3.14. The first-order valence-corrected chi connectivity index (χ1v) is 3.66. The van der Waals surface area contributed by atoms with Crippen LogP contribution in [0.3, 0.4) is 0 Å². The fraction of sp³-hybridized carbons (Fsp3) is 0. The number of nitriles is 1. The zero-order valence-electron chi connectivity index (χ0n) is 2.00. The molecule has 0 aromatic rings. The van der Waals surface area contributed by atoms with E-state index in [1.807, 2.05) is 0 Å². The van der Waals surface area contributed by atoms with Gasteiger partial charge >= 0.3 is 42.5 Å². The van der Waals surface area contributed by atoms with Gasteiger partial charge in [-0.25, -0.2) is 0 Å². The number of halogens is 2. The van der Waals surface area contributed by atoms with E-state index in [2.05, 4.69) is 0 Å². The molecule has 0 aliphatic heterocycles. The summed E-state index contributed by atoms with van der Waals surface area (Å²) in [7, 11) is 9.77. The molecule has 0 spiro atoms. The Hall–Kier alpha value is 0.589. The second kappa shape index (κ2) is 2.81. The van der Waals surface area contributed by atoms with Gasteiger partial charge in [0.1, 0.15) is 0 Å². The summed E-state index contributed by atoms with van der Waals surface area (Å²) in [6.07, 6.45) is 0. The molecule has 5 heavy (non-hydrogen) atoms. The predicted molar refractivity (Wildman–Crippen MR) is 17.3 cm³/mol. The Labute approximate surface area is 42.8 Å². The quantitative estimate of drug-likeness (QED) is 0.492. The third-order valence-corrected chi connectivity index (χ3v) is 0.630. The van der Waals surface area contributed by atoms with Crippen molar-refractivity contribution in [1.82, 2.24) is 0 Å². The third kappa shape index (κ3) is 4.59. The summed E-state index contributed by atoms with van der Waals surface area (Å²) in [6, 6.07) is 0. The molecular formula is CCl2CuN. The van der Waals surface area contributed by atoms with Crippen molar-refractivity contribution in [3.05, 3.63) is 0 Å². The Balaban J connectivity index is 2.94. The van der Waals surface area contributed by atoms with Crippen LogP contribution in [0.4, 0.5) is 0 Å². The second-order valence-corrected chi connectivity index (χ2v) is 3.29. The van der Waals surface area contributed by atoms with Gasteiger partial charge < -0.3 is 0 Å². The van der Waals surface area contributed by atoms with Gasteiger partial charge in [-0.1, -0.05) is 0 Å². The molecule has 0 unspecified atom stereocenters. The van der Waals surface area contributed by atoms with Crippen molar-refractivity contribution in [3.63, 3.8) is 0 Å². The molecule has 0 rings (SSSR count). The Bertz CT molecular complexity index is 55.2. The van der Waals surface area contributed by atoms with E-state index in [9.17, 15) is 0 Å². The van der Waals surface area contributed by atoms with Gasteiger partial charge in [-0.05, 0) is 0 Å². The van der Waals surface area contributed by atoms with Gasteiger partial charge in [0.15, 0.2) is 0 Å². The molecule has 0 heterocycles. The van der Waals surface area contributed by atoms with Crippen molar-refractivity contribution in [2.24, 2.45) is 0 Å². The summed E-state index contributed by atoms with van der Waals surface area (Å²) >= 11 is -1.02. The molecule has 0 aromatic heterocycles. The van der Waals surface area contributed by atoms with Crippen LogP contribution in [-0.4, -0.2) is 0 Å². The van der Waals surface area contributed by atoms with E-state index in [4.69, 9.17) is 25.5 Å². The molecule has 0 amide bonds. The normalized spacial score (nSPS) is 9.40. The summed E-state index contributed by atoms with van der Waals surface area (Å²) in [5, 5.41) is 7.64. The van der Waals surface area contributed by atoms with Crippen LogP contribution in [0.25, 0.3) is 0 Å². The summed E-state index contributed by atoms with van der Waals surface area (Å²) in [4.78, 5) is 1.58. The van der Waals surface area contributed by atoms with Crippen LogP contribution in [0.1, 0.15) is 0 Å². The third-order valence-electron chi connectivity index (χ3n) is 0.0510. The first kappa shape index (κ1) is 5.59. The van der Waals surface area contributed by atoms with Crippen LogP contribution < -0.4 is 0 Å². The Morgan fingerprint density at radius 3 is 1.80 bits per heavy atom. The van der Waals surface area contributed by atoms with E-state index in [0.29, 0.717) is 0 Å². The maximum absolute atomic E-state index is 7.64. The number of nitrogens with zero attached hydrogens (tertiary/aromatic N) is 1. The standard InChI is InChI=1S/CN.2ClH.Cu/c1-2;;;/h;2*1H;/q;;;+2/p-2. The van der Waals surface area contributed by atoms with E-state index in [-0.39, 0.29) is 0 Å². The zero-order valence-corrected chi connectivity index (χ0v) is 4.46. The van der Waals surface area contributed by atoms with Crippen LogP contribution >= 0.6 is 20.2 Å². The summed E-state index contributed by atoms with van der Waals surface area (Å²) in [6.45, 7) is 0. The molecule has 0 aromatic carbocycles. The monoisotopic (exact) mass is 159 g/mol. The molecule has 0 bridgehead atoms. The van der Waals surface area contributed by atoms with E-state index in [0.717, 1.165) is 0 Å². The summed E-state index contributed by atoms with van der Waals surface area (Å²) in [5.41, 5.74) is 0. The van der Waals surface area contributed by atoms with Crippen molar-refractivity contribution >= 4 is 20.2 Å². The van der Waals surface area contributed by atoms with Gasteiger partial charge in [0, 0.05) is 0 Å². The van der Waals surface area contributed by atoms with Crippen molar-refractivity contribution < 1.29 is 12.1 Å². The second-order valence-electron chi connectivity index (χ2n) is 0.224. The molecule has 34 valence electrons. The Morgan fingerprint density at radius 2 is 1.80 bits per heavy atom. The van der Waals surface area contributed by atoms with Gasteiger partial charge in [-0.2, -0.15) is 0 Å². The minimum absolute atomic E-state index is 1.02. The molecule has 0 fully saturated rings. The van der Waals surface area contributed by atoms with Gasteiger partial charge in [0.25, 0.3) is 0 Å². The van der Waals surface area contributed by atoms with Crippen LogP contribution in [0, 0.1) is 10.2 Å². The molecule has 0 saturated heterocycles. The van der Waals surface area contributed by atoms with Gasteiger partial charge in [-0.3, -0.25) is 0 Å². The van der Waals surface area contributed by atoms with E-state index in [1.165, 1.54) is 0 Å². The molecular weight excluding hydrogens is 160 g/mol. The van der Waals surface area contributed by atoms with Crippen molar-refractivity contribution in [2.75, 3.05) is 0 Å². The average molecular weight is 160 g/mol. The predicted octanol–water partition coefficient (Wildman–Crippen LogP) is 1.39. The molecule has 0 saturated carbocycles. The van der Waals surface area contributed by atoms with Crippen LogP contribution in [0.15, 0.2) is 0 Å². The van der Waals surface area contributed by atoms with Gasteiger partial charge in [-0.15, -0.1) is 0 Å². The van der Waals surface area contributed by atoms with Crippen LogP contribution in [-0.2, 0) is 12.1 Å². The zero-order chi connectivity index (χ0) is 4.28. The minimum atomic E-state index is -1.02. The number of hydrogen-bond donors (Lipinski definition) is 0.